The van der Waals surface area contributed by atoms with Crippen molar-refractivity contribution in [3.63, 3.8) is 0 Å². The van der Waals surface area contributed by atoms with E-state index in [2.05, 4.69) is 10.3 Å². The van der Waals surface area contributed by atoms with Gasteiger partial charge in [0.25, 0.3) is 0 Å². The van der Waals surface area contributed by atoms with E-state index < -0.39 is 0 Å². The smallest absolute Gasteiger partial charge is 0.321 e. The van der Waals surface area contributed by atoms with E-state index in [1.165, 1.54) is 5.56 Å². The lowest BCUT2D eigenvalue weighted by molar-refractivity contribution is 0.157. The summed E-state index contributed by atoms with van der Waals surface area (Å²) in [7, 11) is 0. The molecule has 1 aliphatic heterocycles. The first-order valence-corrected chi connectivity index (χ1v) is 9.57. The summed E-state index contributed by atoms with van der Waals surface area (Å²) in [4.78, 5) is 23.8. The number of fused-ring (bicyclic) bond motifs is 2. The van der Waals surface area contributed by atoms with Crippen molar-refractivity contribution in [3.05, 3.63) is 51.5 Å². The maximum absolute atomic E-state index is 12.8. The number of hydrogen-bond acceptors (Lipinski definition) is 3. The summed E-state index contributed by atoms with van der Waals surface area (Å²) in [5.41, 5.74) is 2.82. The van der Waals surface area contributed by atoms with Crippen LogP contribution in [0.15, 0.2) is 24.4 Å². The van der Waals surface area contributed by atoms with E-state index in [1.54, 1.807) is 18.2 Å². The third kappa shape index (κ3) is 3.03. The van der Waals surface area contributed by atoms with Crippen molar-refractivity contribution in [1.82, 2.24) is 14.9 Å². The Morgan fingerprint density at radius 2 is 2.15 bits per heavy atom. The van der Waals surface area contributed by atoms with Crippen LogP contribution in [-0.4, -0.2) is 34.0 Å². The number of carbonyl (C=O) groups excluding carboxylic acids is 1. The van der Waals surface area contributed by atoms with Gasteiger partial charge in [-0.15, -0.1) is 0 Å². The molecule has 2 aliphatic rings. The van der Waals surface area contributed by atoms with Crippen LogP contribution < -0.4 is 5.32 Å². The Bertz CT molecular complexity index is 869. The zero-order valence-electron chi connectivity index (χ0n) is 14.6. The highest BCUT2D eigenvalue weighted by atomic mass is 35.5. The molecule has 1 spiro atoms. The molecule has 2 heterocycles. The lowest BCUT2D eigenvalue weighted by atomic mass is 9.77. The molecule has 1 fully saturated rings. The Balaban J connectivity index is 1.56. The lowest BCUT2D eigenvalue weighted by Crippen LogP contribution is -2.49. The second-order valence-corrected chi connectivity index (χ2v) is 7.91. The number of likely N-dealkylation sites (tertiary alicyclic amines) is 1. The highest BCUT2D eigenvalue weighted by molar-refractivity contribution is 6.43. The first kappa shape index (κ1) is 17.6. The summed E-state index contributed by atoms with van der Waals surface area (Å²) in [6, 6.07) is 5.08. The lowest BCUT2D eigenvalue weighted by Gasteiger charge is -2.40. The molecule has 0 radical (unpaired) electrons. The SMILES string of the molecule is Cc1ncc2c(n1)C1(CCCN(C(=O)Nc3cccc(Cl)c3Cl)C1)CC2. The van der Waals surface area contributed by atoms with Gasteiger partial charge in [-0.1, -0.05) is 29.3 Å². The first-order chi connectivity index (χ1) is 12.5. The van der Waals surface area contributed by atoms with Crippen LogP contribution in [0.2, 0.25) is 10.0 Å². The molecule has 7 heteroatoms. The van der Waals surface area contributed by atoms with Gasteiger partial charge in [0.2, 0.25) is 0 Å². The molecule has 2 aromatic rings. The average Bonchev–Trinajstić information content (AvgIpc) is 2.96. The number of carbonyl (C=O) groups is 1. The van der Waals surface area contributed by atoms with Gasteiger partial charge in [-0.25, -0.2) is 14.8 Å². The summed E-state index contributed by atoms with van der Waals surface area (Å²) < 4.78 is 0. The fourth-order valence-electron chi connectivity index (χ4n) is 4.13. The molecule has 4 rings (SSSR count). The number of amides is 2. The number of nitrogens with one attached hydrogen (secondary N) is 1. The van der Waals surface area contributed by atoms with Crippen LogP contribution in [0.4, 0.5) is 10.5 Å². The highest BCUT2D eigenvalue weighted by Crippen LogP contribution is 2.44. The van der Waals surface area contributed by atoms with Gasteiger partial charge in [0, 0.05) is 24.7 Å². The van der Waals surface area contributed by atoms with Crippen LogP contribution in [0.25, 0.3) is 0 Å². The van der Waals surface area contributed by atoms with Crippen LogP contribution in [-0.2, 0) is 11.8 Å². The van der Waals surface area contributed by atoms with Crippen molar-refractivity contribution in [1.29, 1.82) is 0 Å². The van der Waals surface area contributed by atoms with Crippen molar-refractivity contribution in [2.75, 3.05) is 18.4 Å². The standard InChI is InChI=1S/C19H20Cl2N4O/c1-12-22-10-13-6-8-19(17(13)23-12)7-3-9-25(11-19)18(26)24-15-5-2-4-14(20)16(15)21/h2,4-5,10H,3,6-9,11H2,1H3,(H,24,26). The minimum atomic E-state index is -0.146. The zero-order valence-corrected chi connectivity index (χ0v) is 16.1. The van der Waals surface area contributed by atoms with Gasteiger partial charge in [-0.2, -0.15) is 0 Å². The fraction of sp³-hybridized carbons (Fsp3) is 0.421. The Hall–Kier alpha value is -1.85. The van der Waals surface area contributed by atoms with E-state index in [-0.39, 0.29) is 11.4 Å². The molecule has 1 aliphatic carbocycles. The van der Waals surface area contributed by atoms with Crippen LogP contribution in [0, 0.1) is 6.92 Å². The molecular formula is C19H20Cl2N4O. The van der Waals surface area contributed by atoms with Crippen LogP contribution >= 0.6 is 23.2 Å². The number of rotatable bonds is 1. The number of nitrogens with zero attached hydrogens (tertiary/aromatic N) is 3. The van der Waals surface area contributed by atoms with Crippen molar-refractivity contribution >= 4 is 34.9 Å². The van der Waals surface area contributed by atoms with Crippen molar-refractivity contribution in [2.45, 2.75) is 38.0 Å². The summed E-state index contributed by atoms with van der Waals surface area (Å²) in [5, 5.41) is 3.69. The zero-order chi connectivity index (χ0) is 18.3. The van der Waals surface area contributed by atoms with Crippen molar-refractivity contribution in [2.24, 2.45) is 0 Å². The molecule has 1 atom stereocenters. The molecule has 2 amide bonds. The van der Waals surface area contributed by atoms with E-state index >= 15 is 0 Å². The van der Waals surface area contributed by atoms with E-state index in [9.17, 15) is 4.79 Å². The first-order valence-electron chi connectivity index (χ1n) is 8.81. The van der Waals surface area contributed by atoms with Crippen molar-refractivity contribution in [3.8, 4) is 0 Å². The van der Waals surface area contributed by atoms with Gasteiger partial charge in [0.15, 0.2) is 0 Å². The third-order valence-electron chi connectivity index (χ3n) is 5.42. The second kappa shape index (κ2) is 6.71. The van der Waals surface area contributed by atoms with Gasteiger partial charge in [0.1, 0.15) is 5.82 Å². The van der Waals surface area contributed by atoms with E-state index in [4.69, 9.17) is 28.2 Å². The number of aromatic nitrogens is 2. The van der Waals surface area contributed by atoms with Crippen LogP contribution in [0.5, 0.6) is 0 Å². The molecule has 1 aromatic carbocycles. The largest absolute Gasteiger partial charge is 0.324 e. The van der Waals surface area contributed by atoms with Crippen molar-refractivity contribution < 1.29 is 4.79 Å². The molecule has 1 aromatic heterocycles. The van der Waals surface area contributed by atoms with Gasteiger partial charge in [-0.3, -0.25) is 0 Å². The minimum absolute atomic E-state index is 0.0588. The Labute approximate surface area is 162 Å². The molecule has 1 unspecified atom stereocenters. The Morgan fingerprint density at radius 1 is 1.31 bits per heavy atom. The van der Waals surface area contributed by atoms with Gasteiger partial charge < -0.3 is 10.2 Å². The number of anilines is 1. The molecule has 5 nitrogen and oxygen atoms in total. The number of benzene rings is 1. The topological polar surface area (TPSA) is 58.1 Å². The average molecular weight is 391 g/mol. The number of hydrogen-bond donors (Lipinski definition) is 1. The van der Waals surface area contributed by atoms with E-state index in [0.29, 0.717) is 22.3 Å². The Kier molecular flexibility index (Phi) is 4.53. The van der Waals surface area contributed by atoms with Crippen LogP contribution in [0.1, 0.15) is 36.3 Å². The van der Waals surface area contributed by atoms with Crippen LogP contribution in [0.3, 0.4) is 0 Å². The summed E-state index contributed by atoms with van der Waals surface area (Å²) >= 11 is 12.2. The maximum atomic E-state index is 12.8. The maximum Gasteiger partial charge on any atom is 0.321 e. The Morgan fingerprint density at radius 3 is 3.00 bits per heavy atom. The second-order valence-electron chi connectivity index (χ2n) is 7.13. The molecule has 136 valence electrons. The summed E-state index contributed by atoms with van der Waals surface area (Å²) in [6.07, 6.45) is 5.95. The van der Waals surface area contributed by atoms with E-state index in [0.717, 1.165) is 43.7 Å². The van der Waals surface area contributed by atoms with Gasteiger partial charge in [-0.05, 0) is 50.3 Å². The molecular weight excluding hydrogens is 371 g/mol. The summed E-state index contributed by atoms with van der Waals surface area (Å²) in [5.74, 6) is 0.789. The monoisotopic (exact) mass is 390 g/mol. The van der Waals surface area contributed by atoms with E-state index in [1.807, 2.05) is 18.0 Å². The molecule has 1 N–H and O–H groups in total. The molecule has 0 saturated carbocycles. The normalized spacial score (nSPS) is 21.7. The molecule has 1 saturated heterocycles. The molecule has 26 heavy (non-hydrogen) atoms. The molecule has 0 bridgehead atoms. The fourth-order valence-corrected chi connectivity index (χ4v) is 4.47. The minimum Gasteiger partial charge on any atom is -0.324 e. The predicted molar refractivity (Wildman–Crippen MR) is 103 cm³/mol. The van der Waals surface area contributed by atoms with Gasteiger partial charge >= 0.3 is 6.03 Å². The highest BCUT2D eigenvalue weighted by Gasteiger charge is 2.44. The predicted octanol–water partition coefficient (Wildman–Crippen LogP) is 4.60. The van der Waals surface area contributed by atoms with Gasteiger partial charge in [0.05, 0.1) is 21.4 Å². The quantitative estimate of drug-likeness (QED) is 0.773. The third-order valence-corrected chi connectivity index (χ3v) is 6.24. The number of halogens is 2. The number of aryl methyl sites for hydroxylation is 2. The number of urea groups is 1. The number of piperidine rings is 1. The summed E-state index contributed by atoms with van der Waals surface area (Å²) in [6.45, 7) is 3.31.